The number of piperidine rings is 1. The van der Waals surface area contributed by atoms with Gasteiger partial charge in [0, 0.05) is 43.0 Å². The van der Waals surface area contributed by atoms with E-state index in [9.17, 15) is 14.7 Å². The Morgan fingerprint density at radius 2 is 1.68 bits per heavy atom. The number of amides is 1. The number of methoxy groups -OCH3 is 1. The van der Waals surface area contributed by atoms with Crippen LogP contribution in [0.2, 0.25) is 0 Å². The lowest BCUT2D eigenvalue weighted by Crippen LogP contribution is -2.41. The molecule has 0 spiro atoms. The van der Waals surface area contributed by atoms with E-state index >= 15 is 0 Å². The maximum absolute atomic E-state index is 13.7. The second-order valence-corrected chi connectivity index (χ2v) is 9.68. The van der Waals surface area contributed by atoms with Crippen LogP contribution in [0, 0.1) is 5.92 Å². The van der Waals surface area contributed by atoms with Crippen molar-refractivity contribution in [2.24, 2.45) is 5.92 Å². The molecule has 4 rings (SSSR count). The molecule has 0 radical (unpaired) electrons. The number of nitrogens with zero attached hydrogens (tertiary/aromatic N) is 2. The minimum atomic E-state index is -0.445. The van der Waals surface area contributed by atoms with E-state index in [0.717, 1.165) is 48.3 Å². The third-order valence-corrected chi connectivity index (χ3v) is 6.88. The predicted molar refractivity (Wildman–Crippen MR) is 152 cm³/mol. The van der Waals surface area contributed by atoms with Crippen molar-refractivity contribution in [3.63, 3.8) is 0 Å². The van der Waals surface area contributed by atoms with Gasteiger partial charge in [0.2, 0.25) is 5.91 Å². The molecule has 0 bridgehead atoms. The number of nitrogens with one attached hydrogen (secondary N) is 1. The maximum Gasteiger partial charge on any atom is 0.330 e. The number of hydrogen-bond donors (Lipinski definition) is 2. The van der Waals surface area contributed by atoms with Crippen LogP contribution < -0.4 is 15.1 Å². The Morgan fingerprint density at radius 1 is 0.974 bits per heavy atom. The smallest absolute Gasteiger partial charge is 0.330 e. The van der Waals surface area contributed by atoms with Crippen LogP contribution in [0.25, 0.3) is 17.2 Å². The second kappa shape index (κ2) is 12.4. The van der Waals surface area contributed by atoms with Gasteiger partial charge in [0.1, 0.15) is 5.75 Å². The Labute approximate surface area is 224 Å². The number of esters is 1. The summed E-state index contributed by atoms with van der Waals surface area (Å²) < 4.78 is 4.69. The van der Waals surface area contributed by atoms with Gasteiger partial charge in [0.25, 0.3) is 0 Å². The number of benzene rings is 3. The van der Waals surface area contributed by atoms with E-state index in [1.807, 2.05) is 79.7 Å². The molecule has 38 heavy (non-hydrogen) atoms. The molecule has 2 N–H and O–H groups in total. The highest BCUT2D eigenvalue weighted by atomic mass is 16.5. The number of aromatic hydroxyl groups is 1. The number of phenols is 1. The Morgan fingerprint density at radius 3 is 2.34 bits per heavy atom. The van der Waals surface area contributed by atoms with Gasteiger partial charge in [0.15, 0.2) is 0 Å². The highest BCUT2D eigenvalue weighted by Gasteiger charge is 2.27. The third-order valence-electron chi connectivity index (χ3n) is 6.88. The summed E-state index contributed by atoms with van der Waals surface area (Å²) >= 11 is 0. The Kier molecular flexibility index (Phi) is 8.81. The van der Waals surface area contributed by atoms with Crippen molar-refractivity contribution in [2.45, 2.75) is 19.4 Å². The van der Waals surface area contributed by atoms with Gasteiger partial charge in [-0.15, -0.1) is 0 Å². The summed E-state index contributed by atoms with van der Waals surface area (Å²) in [5.41, 5.74) is 5.16. The normalized spacial score (nSPS) is 13.9. The Balaban J connectivity index is 1.63. The van der Waals surface area contributed by atoms with Crippen molar-refractivity contribution in [1.29, 1.82) is 0 Å². The molecule has 1 aliphatic rings. The van der Waals surface area contributed by atoms with E-state index in [2.05, 4.69) is 5.32 Å². The molecule has 3 aromatic rings. The first kappa shape index (κ1) is 26.9. The lowest BCUT2D eigenvalue weighted by atomic mass is 9.95. The van der Waals surface area contributed by atoms with Crippen LogP contribution in [0.15, 0.2) is 72.8 Å². The van der Waals surface area contributed by atoms with E-state index in [4.69, 9.17) is 4.74 Å². The van der Waals surface area contributed by atoms with Crippen molar-refractivity contribution in [1.82, 2.24) is 5.32 Å². The molecule has 1 aliphatic heterocycles. The van der Waals surface area contributed by atoms with Crippen LogP contribution in [0.3, 0.4) is 0 Å². The first-order chi connectivity index (χ1) is 18.4. The van der Waals surface area contributed by atoms with Gasteiger partial charge in [-0.3, -0.25) is 4.79 Å². The van der Waals surface area contributed by atoms with Gasteiger partial charge in [0.05, 0.1) is 13.7 Å². The molecule has 1 fully saturated rings. The molecule has 0 unspecified atom stereocenters. The van der Waals surface area contributed by atoms with Gasteiger partial charge in [-0.1, -0.05) is 36.4 Å². The van der Waals surface area contributed by atoms with E-state index < -0.39 is 5.97 Å². The van der Waals surface area contributed by atoms with Gasteiger partial charge in [-0.2, -0.15) is 0 Å². The summed E-state index contributed by atoms with van der Waals surface area (Å²) in [6.07, 6.45) is 4.56. The van der Waals surface area contributed by atoms with Crippen molar-refractivity contribution >= 4 is 29.3 Å². The zero-order valence-corrected chi connectivity index (χ0v) is 22.2. The van der Waals surface area contributed by atoms with Crippen LogP contribution in [-0.4, -0.2) is 51.3 Å². The van der Waals surface area contributed by atoms with E-state index in [1.54, 1.807) is 17.0 Å². The number of carbonyl (C=O) groups excluding carboxylic acids is 2. The molecule has 0 aromatic heterocycles. The average Bonchev–Trinajstić information content (AvgIpc) is 2.95. The molecule has 1 amide bonds. The largest absolute Gasteiger partial charge is 0.508 e. The van der Waals surface area contributed by atoms with E-state index in [1.165, 1.54) is 13.2 Å². The summed E-state index contributed by atoms with van der Waals surface area (Å²) in [6, 6.07) is 21.2. The number of carbonyl (C=O) groups is 2. The van der Waals surface area contributed by atoms with Crippen molar-refractivity contribution in [3.05, 3.63) is 83.9 Å². The van der Waals surface area contributed by atoms with Crippen LogP contribution in [0.5, 0.6) is 5.75 Å². The molecule has 1 heterocycles. The molecule has 0 saturated carbocycles. The number of rotatable bonds is 8. The number of ether oxygens (including phenoxy) is 1. The molecule has 0 aliphatic carbocycles. The fraction of sp³-hybridized carbons (Fsp3) is 0.290. The van der Waals surface area contributed by atoms with Crippen molar-refractivity contribution in [2.75, 3.05) is 44.1 Å². The SMILES string of the molecule is COC(=O)/C=C/c1cccc(N(Cc2ccc(-c3ccc(N(C)C)cc3)cc2O)C(=O)C2CCNCC2)c1. The molecule has 7 nitrogen and oxygen atoms in total. The lowest BCUT2D eigenvalue weighted by Gasteiger charge is -2.30. The first-order valence-electron chi connectivity index (χ1n) is 12.8. The predicted octanol–water partition coefficient (Wildman–Crippen LogP) is 4.84. The number of hydrogen-bond acceptors (Lipinski definition) is 6. The quantitative estimate of drug-likeness (QED) is 0.331. The summed E-state index contributed by atoms with van der Waals surface area (Å²) in [7, 11) is 5.33. The maximum atomic E-state index is 13.7. The first-order valence-corrected chi connectivity index (χ1v) is 12.8. The monoisotopic (exact) mass is 513 g/mol. The standard InChI is InChI=1S/C31H35N3O4/c1-33(2)27-12-10-23(11-13-27)25-8-9-26(29(35)20-25)21-34(31(37)24-15-17-32-18-16-24)28-6-4-5-22(19-28)7-14-30(36)38-3/h4-14,19-20,24,32,35H,15-18,21H2,1-3H3/b14-7+. The van der Waals surface area contributed by atoms with Gasteiger partial charge >= 0.3 is 5.97 Å². The van der Waals surface area contributed by atoms with Crippen LogP contribution in [0.1, 0.15) is 24.0 Å². The third kappa shape index (κ3) is 6.61. The summed E-state index contributed by atoms with van der Waals surface area (Å²) in [6.45, 7) is 1.84. The topological polar surface area (TPSA) is 82.1 Å². The van der Waals surface area contributed by atoms with Crippen molar-refractivity contribution in [3.8, 4) is 16.9 Å². The Bertz CT molecular complexity index is 1290. The summed E-state index contributed by atoms with van der Waals surface area (Å²) in [4.78, 5) is 29.1. The fourth-order valence-corrected chi connectivity index (χ4v) is 4.61. The molecule has 0 atom stereocenters. The Hall–Kier alpha value is -4.10. The highest BCUT2D eigenvalue weighted by molar-refractivity contribution is 5.95. The van der Waals surface area contributed by atoms with Crippen LogP contribution in [-0.2, 0) is 20.9 Å². The van der Waals surface area contributed by atoms with Gasteiger partial charge in [-0.05, 0) is 79.0 Å². The molecule has 198 valence electrons. The van der Waals surface area contributed by atoms with Gasteiger partial charge in [-0.25, -0.2) is 4.79 Å². The zero-order chi connectivity index (χ0) is 27.1. The number of phenolic OH excluding ortho intramolecular Hbond substituents is 1. The van der Waals surface area contributed by atoms with E-state index in [0.29, 0.717) is 11.3 Å². The minimum Gasteiger partial charge on any atom is -0.508 e. The lowest BCUT2D eigenvalue weighted by molar-refractivity contribution is -0.134. The summed E-state index contributed by atoms with van der Waals surface area (Å²) in [5.74, 6) is -0.367. The van der Waals surface area contributed by atoms with Crippen LogP contribution >= 0.6 is 0 Å². The molecule has 1 saturated heterocycles. The van der Waals surface area contributed by atoms with Crippen LogP contribution in [0.4, 0.5) is 11.4 Å². The summed E-state index contributed by atoms with van der Waals surface area (Å²) in [5, 5.41) is 14.3. The molecular weight excluding hydrogens is 478 g/mol. The van der Waals surface area contributed by atoms with Gasteiger partial charge < -0.3 is 25.0 Å². The zero-order valence-electron chi connectivity index (χ0n) is 22.2. The molecular formula is C31H35N3O4. The average molecular weight is 514 g/mol. The van der Waals surface area contributed by atoms with E-state index in [-0.39, 0.29) is 24.1 Å². The molecule has 3 aromatic carbocycles. The van der Waals surface area contributed by atoms with Crippen molar-refractivity contribution < 1.29 is 19.4 Å². The number of anilines is 2. The highest BCUT2D eigenvalue weighted by Crippen LogP contribution is 2.31. The second-order valence-electron chi connectivity index (χ2n) is 9.68. The molecule has 7 heteroatoms. The minimum absolute atomic E-state index is 0.0309. The fourth-order valence-electron chi connectivity index (χ4n) is 4.61.